The number of nitrogens with zero attached hydrogens (tertiary/aromatic N) is 5. The second-order valence-corrected chi connectivity index (χ2v) is 9.46. The molecule has 23 heteroatoms. The van der Waals surface area contributed by atoms with Crippen LogP contribution in [0.1, 0.15) is 0 Å². The molecule has 0 aromatic heterocycles. The van der Waals surface area contributed by atoms with E-state index >= 15 is 0 Å². The van der Waals surface area contributed by atoms with Crippen LogP contribution >= 0.6 is 0 Å². The van der Waals surface area contributed by atoms with Crippen LogP contribution in [-0.4, -0.2) is 67.5 Å². The summed E-state index contributed by atoms with van der Waals surface area (Å²) in [4.78, 5) is 36.1. The number of hydrogen-bond acceptors (Lipinski definition) is 16. The maximum absolute atomic E-state index is 12.0. The molecule has 0 aliphatic carbocycles. The fourth-order valence-electron chi connectivity index (χ4n) is 2.68. The molecule has 0 bridgehead atoms. The Morgan fingerprint density at radius 3 is 1.74 bits per heavy atom. The van der Waals surface area contributed by atoms with Crippen LogP contribution in [-0.2, 0) is 29.8 Å². The van der Waals surface area contributed by atoms with Crippen molar-refractivity contribution in [3.05, 3.63) is 24.5 Å². The van der Waals surface area contributed by atoms with Gasteiger partial charge in [0.2, 0.25) is 12.1 Å². The SMILES string of the molecule is C=C1N=C(N)C(N=Nc2cc(S(=O)(=O)[O-])c(N=NC3C(=N)NC(=O)NC3=O)cc2S(=O)(=O)[O-])C(=O)N1.[Na+].[Na+]. The van der Waals surface area contributed by atoms with Crippen LogP contribution in [0.5, 0.6) is 0 Å². The molecule has 6 N–H and O–H groups in total. The smallest absolute Gasteiger partial charge is 0.744 e. The van der Waals surface area contributed by atoms with Gasteiger partial charge in [-0.05, 0) is 12.1 Å². The molecular formula is C15H12N10Na2O9S2. The summed E-state index contributed by atoms with van der Waals surface area (Å²) in [6.07, 6.45) is 0. The number of amides is 4. The molecule has 19 nitrogen and oxygen atoms in total. The van der Waals surface area contributed by atoms with Crippen molar-refractivity contribution < 1.29 is 99.4 Å². The normalized spacial score (nSPS) is 20.3. The monoisotopic (exact) mass is 586 g/mol. The topological polar surface area (TPSA) is 313 Å². The number of rotatable bonds is 6. The molecule has 2 aliphatic rings. The number of carbonyl (C=O) groups is 3. The first-order chi connectivity index (χ1) is 16.6. The molecule has 2 unspecified atom stereocenters. The van der Waals surface area contributed by atoms with Crippen LogP contribution in [0.25, 0.3) is 0 Å². The number of azo groups is 2. The van der Waals surface area contributed by atoms with Crippen molar-refractivity contribution >= 4 is 61.1 Å². The van der Waals surface area contributed by atoms with Crippen molar-refractivity contribution in [2.45, 2.75) is 21.9 Å². The molecule has 38 heavy (non-hydrogen) atoms. The molecule has 0 spiro atoms. The Morgan fingerprint density at radius 1 is 0.868 bits per heavy atom. The zero-order valence-corrected chi connectivity index (χ0v) is 25.0. The second-order valence-electron chi connectivity index (χ2n) is 6.76. The Morgan fingerprint density at radius 2 is 1.32 bits per heavy atom. The zero-order valence-electron chi connectivity index (χ0n) is 19.3. The molecule has 1 saturated heterocycles. The molecule has 2 aliphatic heterocycles. The van der Waals surface area contributed by atoms with E-state index in [-0.39, 0.29) is 64.9 Å². The third kappa shape index (κ3) is 7.78. The number of urea groups is 1. The molecule has 4 amide bonds. The van der Waals surface area contributed by atoms with E-state index in [9.17, 15) is 40.3 Å². The maximum atomic E-state index is 12.0. The van der Waals surface area contributed by atoms with E-state index in [4.69, 9.17) is 11.1 Å². The largest absolute Gasteiger partial charge is 1.00 e. The van der Waals surface area contributed by atoms with Crippen molar-refractivity contribution in [3.8, 4) is 0 Å². The number of carbonyl (C=O) groups excluding carboxylic acids is 3. The molecule has 2 atom stereocenters. The van der Waals surface area contributed by atoms with E-state index in [2.05, 4.69) is 37.3 Å². The molecule has 190 valence electrons. The number of imide groups is 1. The van der Waals surface area contributed by atoms with Gasteiger partial charge < -0.3 is 20.2 Å². The molecule has 0 saturated carbocycles. The number of nitrogens with two attached hydrogens (primary N) is 1. The Kier molecular flexibility index (Phi) is 11.1. The summed E-state index contributed by atoms with van der Waals surface area (Å²) < 4.78 is 70.7. The van der Waals surface area contributed by atoms with Gasteiger partial charge in [-0.15, -0.1) is 0 Å². The van der Waals surface area contributed by atoms with Gasteiger partial charge in [0.25, 0.3) is 11.8 Å². The van der Waals surface area contributed by atoms with Crippen LogP contribution in [0.3, 0.4) is 0 Å². The first-order valence-electron chi connectivity index (χ1n) is 9.03. The van der Waals surface area contributed by atoms with E-state index in [0.29, 0.717) is 12.1 Å². The van der Waals surface area contributed by atoms with Crippen LogP contribution in [0.4, 0.5) is 16.2 Å². The summed E-state index contributed by atoms with van der Waals surface area (Å²) in [5, 5.41) is 26.9. The van der Waals surface area contributed by atoms with Crippen molar-refractivity contribution in [1.29, 1.82) is 5.41 Å². The van der Waals surface area contributed by atoms with E-state index in [0.717, 1.165) is 0 Å². The summed E-state index contributed by atoms with van der Waals surface area (Å²) in [7, 11) is -10.9. The minimum absolute atomic E-state index is 0. The van der Waals surface area contributed by atoms with Crippen LogP contribution in [0.15, 0.2) is 59.8 Å². The summed E-state index contributed by atoms with van der Waals surface area (Å²) in [5.74, 6) is -3.34. The Balaban J connectivity index is 0.00000361. The zero-order chi connectivity index (χ0) is 27.0. The molecule has 2 heterocycles. The van der Waals surface area contributed by atoms with Crippen LogP contribution in [0, 0.1) is 5.41 Å². The van der Waals surface area contributed by atoms with Gasteiger partial charge in [-0.1, -0.05) is 6.58 Å². The maximum Gasteiger partial charge on any atom is 1.00 e. The van der Waals surface area contributed by atoms with Crippen molar-refractivity contribution in [2.75, 3.05) is 0 Å². The fourth-order valence-corrected chi connectivity index (χ4v) is 3.90. The number of nitrogens with one attached hydrogen (secondary N) is 4. The minimum Gasteiger partial charge on any atom is -0.744 e. The number of hydrogen-bond donors (Lipinski definition) is 5. The van der Waals surface area contributed by atoms with E-state index in [1.54, 1.807) is 5.32 Å². The van der Waals surface area contributed by atoms with Crippen LogP contribution < -0.4 is 80.8 Å². The average molecular weight is 586 g/mol. The van der Waals surface area contributed by atoms with Gasteiger partial charge in [0.05, 0.1) is 9.79 Å². The number of amidine groups is 2. The van der Waals surface area contributed by atoms with Gasteiger partial charge in [-0.2, -0.15) is 20.5 Å². The molecule has 1 aromatic rings. The van der Waals surface area contributed by atoms with Crippen molar-refractivity contribution in [2.24, 2.45) is 31.2 Å². The van der Waals surface area contributed by atoms with Crippen LogP contribution in [0.2, 0.25) is 0 Å². The summed E-state index contributed by atoms with van der Waals surface area (Å²) >= 11 is 0. The number of benzene rings is 1. The molecule has 3 rings (SSSR count). The first-order valence-corrected chi connectivity index (χ1v) is 11.8. The molecule has 1 fully saturated rings. The van der Waals surface area contributed by atoms with Gasteiger partial charge in [-0.25, -0.2) is 26.6 Å². The third-order valence-electron chi connectivity index (χ3n) is 4.21. The fraction of sp³-hybridized carbons (Fsp3) is 0.133. The van der Waals surface area contributed by atoms with Gasteiger partial charge in [0.15, 0.2) is 0 Å². The molecule has 0 radical (unpaired) electrons. The van der Waals surface area contributed by atoms with E-state index in [1.807, 2.05) is 5.32 Å². The summed E-state index contributed by atoms with van der Waals surface area (Å²) in [5.41, 5.74) is 3.57. The van der Waals surface area contributed by atoms with Crippen molar-refractivity contribution in [1.82, 2.24) is 16.0 Å². The Labute approximate surface area is 257 Å². The van der Waals surface area contributed by atoms with Gasteiger partial charge in [0.1, 0.15) is 49.1 Å². The minimum atomic E-state index is -5.44. The van der Waals surface area contributed by atoms with E-state index in [1.165, 1.54) is 0 Å². The van der Waals surface area contributed by atoms with Crippen molar-refractivity contribution in [3.63, 3.8) is 0 Å². The molecule has 1 aromatic carbocycles. The Hall–Kier alpha value is -2.47. The first kappa shape index (κ1) is 33.6. The van der Waals surface area contributed by atoms with Gasteiger partial charge in [0, 0.05) is 0 Å². The Bertz CT molecular complexity index is 1520. The van der Waals surface area contributed by atoms with Gasteiger partial charge in [-0.3, -0.25) is 25.6 Å². The predicted octanol–water partition coefficient (Wildman–Crippen LogP) is -7.82. The number of aliphatic imine (C=N–C) groups is 1. The van der Waals surface area contributed by atoms with E-state index < -0.39 is 83.0 Å². The third-order valence-corrected chi connectivity index (χ3v) is 5.94. The average Bonchev–Trinajstić information content (AvgIpc) is 2.70. The standard InChI is InChI=1S/C15H14N10O9S2.2Na/c1-4-18-11(16)9(13(26)19-4)24-22-5-2-8(36(32,33)34)6(3-7(5)35(29,30)31)23-25-10-12(17)20-15(28)21-14(10)27;;/h2-3,9-10H,1H2,(H2,16,18)(H,19,26)(H,29,30,31)(H,32,33,34)(H3,17,20,21,27,28);;/q;2*+1/p-2. The molecular weight excluding hydrogens is 574 g/mol. The predicted molar refractivity (Wildman–Crippen MR) is 112 cm³/mol. The van der Waals surface area contributed by atoms with Gasteiger partial charge >= 0.3 is 65.1 Å². The summed E-state index contributed by atoms with van der Waals surface area (Å²) in [6.45, 7) is 3.35. The second kappa shape index (κ2) is 12.6. The quantitative estimate of drug-likeness (QED) is 0.119. The summed E-state index contributed by atoms with van der Waals surface area (Å²) in [6, 6.07) is -3.83.